The Kier molecular flexibility index (Phi) is 9.18. The quantitative estimate of drug-likeness (QED) is 0.568. The van der Waals surface area contributed by atoms with Gasteiger partial charge in [-0.1, -0.05) is 0 Å². The van der Waals surface area contributed by atoms with Gasteiger partial charge in [0.05, 0.1) is 6.04 Å². The van der Waals surface area contributed by atoms with Crippen LogP contribution in [-0.4, -0.2) is 45.0 Å². The Bertz CT molecular complexity index is 182. The second-order valence-electron chi connectivity index (χ2n) is 3.42. The number of carbonyl (C=O) groups is 1. The molecule has 5 heteroatoms. The van der Waals surface area contributed by atoms with Gasteiger partial charge in [0.2, 0.25) is 5.91 Å². The molecule has 0 aromatic carbocycles. The molecule has 16 heavy (non-hydrogen) atoms. The molecule has 5 nitrogen and oxygen atoms in total. The van der Waals surface area contributed by atoms with Crippen LogP contribution in [-0.2, 0) is 14.3 Å². The van der Waals surface area contributed by atoms with E-state index in [-0.39, 0.29) is 18.2 Å². The Morgan fingerprint density at radius 2 is 1.81 bits per heavy atom. The van der Waals surface area contributed by atoms with E-state index in [1.54, 1.807) is 7.05 Å². The molecule has 96 valence electrons. The van der Waals surface area contributed by atoms with Crippen molar-refractivity contribution in [3.8, 4) is 0 Å². The molecule has 1 unspecified atom stereocenters. The molecule has 0 heterocycles. The summed E-state index contributed by atoms with van der Waals surface area (Å²) in [5, 5.41) is 5.70. The molecular weight excluding hydrogens is 208 g/mol. The maximum absolute atomic E-state index is 11.2. The largest absolute Gasteiger partial charge is 0.358 e. The maximum Gasteiger partial charge on any atom is 0.236 e. The lowest BCUT2D eigenvalue weighted by atomic mass is 10.3. The van der Waals surface area contributed by atoms with Crippen molar-refractivity contribution in [1.29, 1.82) is 0 Å². The number of nitrogens with one attached hydrogen (secondary N) is 2. The summed E-state index contributed by atoms with van der Waals surface area (Å²) < 4.78 is 10.8. The molecule has 0 fully saturated rings. The Labute approximate surface area is 97.9 Å². The van der Waals surface area contributed by atoms with Gasteiger partial charge in [-0.05, 0) is 20.8 Å². The van der Waals surface area contributed by atoms with Crippen LogP contribution in [0.1, 0.15) is 27.2 Å². The maximum atomic E-state index is 11.2. The lowest BCUT2D eigenvalue weighted by Crippen LogP contribution is -2.41. The van der Waals surface area contributed by atoms with E-state index in [1.165, 1.54) is 0 Å². The van der Waals surface area contributed by atoms with Gasteiger partial charge < -0.3 is 20.1 Å². The number of hydrogen-bond donors (Lipinski definition) is 2. The van der Waals surface area contributed by atoms with Gasteiger partial charge in [-0.3, -0.25) is 4.79 Å². The van der Waals surface area contributed by atoms with Crippen molar-refractivity contribution in [2.24, 2.45) is 0 Å². The Morgan fingerprint density at radius 1 is 1.25 bits per heavy atom. The molecule has 0 radical (unpaired) electrons. The molecule has 2 N–H and O–H groups in total. The molecule has 0 bridgehead atoms. The van der Waals surface area contributed by atoms with Crippen molar-refractivity contribution in [1.82, 2.24) is 10.6 Å². The van der Waals surface area contributed by atoms with Crippen molar-refractivity contribution in [2.45, 2.75) is 39.5 Å². The summed E-state index contributed by atoms with van der Waals surface area (Å²) in [6.07, 6.45) is 0.558. The monoisotopic (exact) mass is 232 g/mol. The highest BCUT2D eigenvalue weighted by molar-refractivity contribution is 5.80. The van der Waals surface area contributed by atoms with Gasteiger partial charge >= 0.3 is 0 Å². The Morgan fingerprint density at radius 3 is 2.25 bits per heavy atom. The standard InChI is InChI=1S/C11H24N2O3/c1-5-15-10(16-6-2)7-8-13-9(3)11(14)12-4/h9-10,13H,5-8H2,1-4H3,(H,12,14). The molecule has 0 aromatic rings. The smallest absolute Gasteiger partial charge is 0.236 e. The zero-order valence-corrected chi connectivity index (χ0v) is 10.7. The normalized spacial score (nSPS) is 12.8. The van der Waals surface area contributed by atoms with E-state index in [0.717, 1.165) is 6.42 Å². The minimum atomic E-state index is -0.186. The van der Waals surface area contributed by atoms with Crippen LogP contribution in [0.15, 0.2) is 0 Å². The summed E-state index contributed by atoms with van der Waals surface area (Å²) in [7, 11) is 1.63. The summed E-state index contributed by atoms with van der Waals surface area (Å²) in [5.74, 6) is -0.00984. The SMILES string of the molecule is CCOC(CCNC(C)C(=O)NC)OCC. The molecule has 0 aliphatic rings. The lowest BCUT2D eigenvalue weighted by molar-refractivity contribution is -0.139. The first-order valence-corrected chi connectivity index (χ1v) is 5.83. The van der Waals surface area contributed by atoms with E-state index in [2.05, 4.69) is 10.6 Å². The van der Waals surface area contributed by atoms with E-state index in [4.69, 9.17) is 9.47 Å². The molecule has 0 saturated heterocycles. The minimum Gasteiger partial charge on any atom is -0.358 e. The van der Waals surface area contributed by atoms with Crippen LogP contribution in [0.25, 0.3) is 0 Å². The van der Waals surface area contributed by atoms with Gasteiger partial charge in [-0.15, -0.1) is 0 Å². The van der Waals surface area contributed by atoms with E-state index >= 15 is 0 Å². The molecule has 0 saturated carbocycles. The summed E-state index contributed by atoms with van der Waals surface area (Å²) >= 11 is 0. The van der Waals surface area contributed by atoms with Crippen LogP contribution < -0.4 is 10.6 Å². The number of likely N-dealkylation sites (N-methyl/N-ethyl adjacent to an activating group) is 1. The fourth-order valence-corrected chi connectivity index (χ4v) is 1.31. The van der Waals surface area contributed by atoms with Crippen LogP contribution in [0.3, 0.4) is 0 Å². The molecule has 0 aliphatic carbocycles. The van der Waals surface area contributed by atoms with Crippen LogP contribution in [0.4, 0.5) is 0 Å². The van der Waals surface area contributed by atoms with Crippen LogP contribution in [0, 0.1) is 0 Å². The van der Waals surface area contributed by atoms with Gasteiger partial charge in [0.1, 0.15) is 0 Å². The Hall–Kier alpha value is -0.650. The number of hydrogen-bond acceptors (Lipinski definition) is 4. The van der Waals surface area contributed by atoms with Crippen molar-refractivity contribution < 1.29 is 14.3 Å². The second kappa shape index (κ2) is 9.57. The van der Waals surface area contributed by atoms with Gasteiger partial charge in [0.25, 0.3) is 0 Å². The van der Waals surface area contributed by atoms with Gasteiger partial charge in [0.15, 0.2) is 6.29 Å². The third kappa shape index (κ3) is 6.76. The summed E-state index contributed by atoms with van der Waals surface area (Å²) in [6.45, 7) is 7.67. The number of ether oxygens (including phenoxy) is 2. The zero-order chi connectivity index (χ0) is 12.4. The van der Waals surface area contributed by atoms with Crippen molar-refractivity contribution >= 4 is 5.91 Å². The Balaban J connectivity index is 3.71. The lowest BCUT2D eigenvalue weighted by Gasteiger charge is -2.18. The van der Waals surface area contributed by atoms with E-state index in [0.29, 0.717) is 19.8 Å². The molecule has 0 aliphatic heterocycles. The number of amides is 1. The average molecular weight is 232 g/mol. The van der Waals surface area contributed by atoms with Crippen molar-refractivity contribution in [3.63, 3.8) is 0 Å². The van der Waals surface area contributed by atoms with Gasteiger partial charge in [0, 0.05) is 33.2 Å². The topological polar surface area (TPSA) is 59.6 Å². The predicted molar refractivity (Wildman–Crippen MR) is 63.2 cm³/mol. The van der Waals surface area contributed by atoms with Crippen molar-refractivity contribution in [2.75, 3.05) is 26.8 Å². The molecule has 0 spiro atoms. The highest BCUT2D eigenvalue weighted by Gasteiger charge is 2.12. The second-order valence-corrected chi connectivity index (χ2v) is 3.42. The van der Waals surface area contributed by atoms with Gasteiger partial charge in [-0.25, -0.2) is 0 Å². The first-order valence-electron chi connectivity index (χ1n) is 5.83. The highest BCUT2D eigenvalue weighted by Crippen LogP contribution is 2.00. The van der Waals surface area contributed by atoms with Crippen molar-refractivity contribution in [3.05, 3.63) is 0 Å². The molecule has 1 atom stereocenters. The third-order valence-corrected chi connectivity index (χ3v) is 2.18. The predicted octanol–water partition coefficient (Wildman–Crippen LogP) is 0.500. The first kappa shape index (κ1) is 15.3. The number of rotatable bonds is 9. The van der Waals surface area contributed by atoms with E-state index < -0.39 is 0 Å². The number of carbonyl (C=O) groups excluding carboxylic acids is 1. The third-order valence-electron chi connectivity index (χ3n) is 2.18. The van der Waals surface area contributed by atoms with Gasteiger partial charge in [-0.2, -0.15) is 0 Å². The highest BCUT2D eigenvalue weighted by atomic mass is 16.7. The molecule has 0 rings (SSSR count). The van der Waals surface area contributed by atoms with Crippen LogP contribution in [0.2, 0.25) is 0 Å². The van der Waals surface area contributed by atoms with Crippen LogP contribution >= 0.6 is 0 Å². The molecule has 0 aromatic heterocycles. The summed E-state index contributed by atoms with van der Waals surface area (Å²) in [4.78, 5) is 11.2. The average Bonchev–Trinajstić information content (AvgIpc) is 2.28. The fourth-order valence-electron chi connectivity index (χ4n) is 1.31. The van der Waals surface area contributed by atoms with Crippen LogP contribution in [0.5, 0.6) is 0 Å². The van der Waals surface area contributed by atoms with E-state index in [1.807, 2.05) is 20.8 Å². The zero-order valence-electron chi connectivity index (χ0n) is 10.7. The molecular formula is C11H24N2O3. The minimum absolute atomic E-state index is 0.00984. The summed E-state index contributed by atoms with van der Waals surface area (Å²) in [5.41, 5.74) is 0. The first-order chi connectivity index (χ1) is 7.65. The molecule has 1 amide bonds. The van der Waals surface area contributed by atoms with E-state index in [9.17, 15) is 4.79 Å². The summed E-state index contributed by atoms with van der Waals surface area (Å²) in [6, 6.07) is -0.186. The fraction of sp³-hybridized carbons (Fsp3) is 0.909.